The molecule has 0 bridgehead atoms. The van der Waals surface area contributed by atoms with Crippen LogP contribution >= 0.6 is 0 Å². The molecular formula is C44H66N4O6. The molecule has 2 rings (SSSR count). The van der Waals surface area contributed by atoms with E-state index in [1.807, 2.05) is 18.2 Å². The van der Waals surface area contributed by atoms with Crippen molar-refractivity contribution in [3.8, 4) is 0 Å². The second-order valence-corrected chi connectivity index (χ2v) is 13.5. The highest BCUT2D eigenvalue weighted by atomic mass is 16.6. The predicted octanol–water partition coefficient (Wildman–Crippen LogP) is 6.71. The van der Waals surface area contributed by atoms with Crippen molar-refractivity contribution < 1.29 is 29.3 Å². The molecule has 4 N–H and O–H groups in total. The first kappa shape index (κ1) is 46.0. The number of ether oxygens (including phenoxy) is 1. The first-order chi connectivity index (χ1) is 26.4. The molecule has 1 unspecified atom stereocenters. The predicted molar refractivity (Wildman–Crippen MR) is 218 cm³/mol. The first-order valence-corrected chi connectivity index (χ1v) is 20.0. The van der Waals surface area contributed by atoms with Crippen LogP contribution in [0.2, 0.25) is 0 Å². The number of aromatic nitrogens is 1. The fourth-order valence-corrected chi connectivity index (χ4v) is 5.68. The van der Waals surface area contributed by atoms with Gasteiger partial charge in [0.05, 0.1) is 13.2 Å². The molecule has 0 aromatic carbocycles. The van der Waals surface area contributed by atoms with E-state index in [9.17, 15) is 24.6 Å². The summed E-state index contributed by atoms with van der Waals surface area (Å²) in [5.41, 5.74) is 1.92. The second-order valence-electron chi connectivity index (χ2n) is 13.5. The number of pyridine rings is 1. The van der Waals surface area contributed by atoms with Crippen molar-refractivity contribution >= 4 is 23.9 Å². The van der Waals surface area contributed by atoms with Crippen molar-refractivity contribution in [2.75, 3.05) is 39.4 Å². The van der Waals surface area contributed by atoms with Crippen LogP contribution in [-0.2, 0) is 25.5 Å². The van der Waals surface area contributed by atoms with Gasteiger partial charge in [0.1, 0.15) is 12.1 Å². The van der Waals surface area contributed by atoms with Gasteiger partial charge in [0, 0.05) is 44.2 Å². The number of carbonyl (C=O) groups excluding carboxylic acids is 3. The van der Waals surface area contributed by atoms with Gasteiger partial charge in [0.2, 0.25) is 11.8 Å². The van der Waals surface area contributed by atoms with E-state index in [0.29, 0.717) is 32.2 Å². The lowest BCUT2D eigenvalue weighted by Crippen LogP contribution is -2.43. The van der Waals surface area contributed by atoms with E-state index in [0.717, 1.165) is 82.3 Å². The Morgan fingerprint density at radius 2 is 1.48 bits per heavy atom. The lowest BCUT2D eigenvalue weighted by molar-refractivity contribution is -0.157. The van der Waals surface area contributed by atoms with Crippen LogP contribution in [0.4, 0.5) is 0 Å². The highest BCUT2D eigenvalue weighted by Gasteiger charge is 2.24. The van der Waals surface area contributed by atoms with E-state index in [4.69, 9.17) is 4.74 Å². The van der Waals surface area contributed by atoms with Gasteiger partial charge in [-0.1, -0.05) is 85.9 Å². The Balaban J connectivity index is 1.62. The highest BCUT2D eigenvalue weighted by Crippen LogP contribution is 2.11. The van der Waals surface area contributed by atoms with Gasteiger partial charge in [-0.15, -0.1) is 0 Å². The zero-order valence-corrected chi connectivity index (χ0v) is 32.6. The van der Waals surface area contributed by atoms with Crippen molar-refractivity contribution in [2.24, 2.45) is 0 Å². The lowest BCUT2D eigenvalue weighted by Gasteiger charge is -2.20. The summed E-state index contributed by atoms with van der Waals surface area (Å²) in [6.45, 7) is 4.90. The van der Waals surface area contributed by atoms with E-state index in [1.165, 1.54) is 12.8 Å². The standard InChI is InChI=1S/C44H66N4O6/c1-2-3-4-5-6-7-8-9-10-11-12-13-14-15-16-17-18-26-42(51)45-31-20-19-25-41(44(53)54-40(36-49)37-50)47-43(52)27-23-24-38-28-29-39(46-35-38)30-34-48-32-21-22-33-48/h3-4,6-7,9-10,12-13,15-16,23-24,28-29,35,40-41,49-50H,2,5,8,11,14,17-22,25-27,30-34,36-37H2,1H3,(H,45,51)(H,47,52). The summed E-state index contributed by atoms with van der Waals surface area (Å²) >= 11 is 0. The number of hydrogen-bond donors (Lipinski definition) is 4. The first-order valence-electron chi connectivity index (χ1n) is 20.0. The van der Waals surface area contributed by atoms with Crippen molar-refractivity contribution in [3.63, 3.8) is 0 Å². The quantitative estimate of drug-likeness (QED) is 0.0403. The summed E-state index contributed by atoms with van der Waals surface area (Å²) in [5.74, 6) is -1.08. The molecule has 0 radical (unpaired) electrons. The van der Waals surface area contributed by atoms with Crippen molar-refractivity contribution in [2.45, 2.75) is 115 Å². The largest absolute Gasteiger partial charge is 0.456 e. The molecule has 1 aliphatic rings. The maximum atomic E-state index is 12.8. The van der Waals surface area contributed by atoms with Crippen LogP contribution in [0.1, 0.15) is 108 Å². The third kappa shape index (κ3) is 23.5. The minimum absolute atomic E-state index is 0.0148. The van der Waals surface area contributed by atoms with Gasteiger partial charge in [0.25, 0.3) is 0 Å². The van der Waals surface area contributed by atoms with E-state index in [2.05, 4.69) is 88.2 Å². The third-order valence-electron chi connectivity index (χ3n) is 8.83. The Bertz CT molecular complexity index is 1340. The Kier molecular flexibility index (Phi) is 26.6. The molecular weight excluding hydrogens is 681 g/mol. The molecule has 0 saturated carbocycles. The van der Waals surface area contributed by atoms with Crippen LogP contribution in [0.5, 0.6) is 0 Å². The third-order valence-corrected chi connectivity index (χ3v) is 8.83. The molecule has 1 saturated heterocycles. The van der Waals surface area contributed by atoms with Gasteiger partial charge >= 0.3 is 5.97 Å². The number of nitrogens with one attached hydrogen (secondary N) is 2. The molecule has 10 nitrogen and oxygen atoms in total. The molecule has 1 aromatic rings. The Hall–Kier alpha value is -4.12. The van der Waals surface area contributed by atoms with E-state index >= 15 is 0 Å². The smallest absolute Gasteiger partial charge is 0.329 e. The van der Waals surface area contributed by atoms with Crippen LogP contribution in [0.15, 0.2) is 85.2 Å². The van der Waals surface area contributed by atoms with Crippen molar-refractivity contribution in [1.29, 1.82) is 0 Å². The number of aliphatic hydroxyl groups excluding tert-OH is 2. The molecule has 10 heteroatoms. The van der Waals surface area contributed by atoms with Crippen LogP contribution in [0.3, 0.4) is 0 Å². The Morgan fingerprint density at radius 1 is 0.833 bits per heavy atom. The van der Waals surface area contributed by atoms with Gasteiger partial charge in [-0.25, -0.2) is 4.79 Å². The Labute approximate surface area is 324 Å². The van der Waals surface area contributed by atoms with Crippen LogP contribution in [-0.4, -0.2) is 89.4 Å². The van der Waals surface area contributed by atoms with E-state index in [1.54, 1.807) is 12.3 Å². The highest BCUT2D eigenvalue weighted by molar-refractivity contribution is 5.85. The van der Waals surface area contributed by atoms with E-state index < -0.39 is 31.3 Å². The number of unbranched alkanes of at least 4 members (excludes halogenated alkanes) is 2. The van der Waals surface area contributed by atoms with Crippen LogP contribution < -0.4 is 10.6 Å². The number of amides is 2. The van der Waals surface area contributed by atoms with Gasteiger partial charge < -0.3 is 30.5 Å². The number of rotatable bonds is 29. The number of carbonyl (C=O) groups is 3. The maximum absolute atomic E-state index is 12.8. The summed E-state index contributed by atoms with van der Waals surface area (Å²) in [6, 6.07) is 3.05. The summed E-state index contributed by atoms with van der Waals surface area (Å²) in [7, 11) is 0. The summed E-state index contributed by atoms with van der Waals surface area (Å²) < 4.78 is 5.20. The molecule has 1 fully saturated rings. The van der Waals surface area contributed by atoms with Crippen LogP contribution in [0.25, 0.3) is 6.08 Å². The molecule has 2 heterocycles. The fraction of sp³-hybridized carbons (Fsp3) is 0.545. The average molecular weight is 747 g/mol. The summed E-state index contributed by atoms with van der Waals surface area (Å²) in [6.07, 6.45) is 37.8. The van der Waals surface area contributed by atoms with Crippen LogP contribution in [0, 0.1) is 0 Å². The SMILES string of the molecule is CCC=CCC=CCC=CCC=CCC=CCCCC(=O)NCCCCC(NC(=O)CC=Cc1ccc(CCN2CCCC2)nc1)C(=O)OC(CO)CO. The van der Waals surface area contributed by atoms with Gasteiger partial charge in [-0.3, -0.25) is 14.6 Å². The van der Waals surface area contributed by atoms with Crippen molar-refractivity contribution in [3.05, 3.63) is 96.4 Å². The number of hydrogen-bond acceptors (Lipinski definition) is 8. The average Bonchev–Trinajstić information content (AvgIpc) is 3.71. The molecule has 298 valence electrons. The molecule has 1 aliphatic heterocycles. The Morgan fingerprint density at radius 3 is 2.09 bits per heavy atom. The fourth-order valence-electron chi connectivity index (χ4n) is 5.68. The van der Waals surface area contributed by atoms with Gasteiger partial charge in [-0.2, -0.15) is 0 Å². The molecule has 1 atom stereocenters. The lowest BCUT2D eigenvalue weighted by atomic mass is 10.1. The number of nitrogens with zero attached hydrogens (tertiary/aromatic N) is 2. The van der Waals surface area contributed by atoms with Crippen molar-refractivity contribution in [1.82, 2.24) is 20.5 Å². The number of allylic oxidation sites excluding steroid dienone is 10. The number of likely N-dealkylation sites (tertiary alicyclic amines) is 1. The molecule has 0 spiro atoms. The summed E-state index contributed by atoms with van der Waals surface area (Å²) in [4.78, 5) is 44.9. The zero-order valence-electron chi connectivity index (χ0n) is 32.6. The minimum atomic E-state index is -1.06. The number of esters is 1. The maximum Gasteiger partial charge on any atom is 0.329 e. The van der Waals surface area contributed by atoms with Gasteiger partial charge in [-0.05, 0) is 102 Å². The topological polar surface area (TPSA) is 141 Å². The zero-order chi connectivity index (χ0) is 38.9. The molecule has 0 aliphatic carbocycles. The van der Waals surface area contributed by atoms with E-state index in [-0.39, 0.29) is 18.2 Å². The summed E-state index contributed by atoms with van der Waals surface area (Å²) in [5, 5.41) is 24.4. The second kappa shape index (κ2) is 31.3. The number of aliphatic hydroxyl groups is 2. The molecule has 1 aromatic heterocycles. The molecule has 2 amide bonds. The van der Waals surface area contributed by atoms with Gasteiger partial charge in [0.15, 0.2) is 0 Å². The molecule has 54 heavy (non-hydrogen) atoms. The normalized spacial score (nSPS) is 14.6. The minimum Gasteiger partial charge on any atom is -0.456 e. The monoisotopic (exact) mass is 746 g/mol.